The molecule has 2 N–H and O–H groups in total. The molecule has 5 nitrogen and oxygen atoms in total. The number of ketones is 1. The van der Waals surface area contributed by atoms with Crippen molar-refractivity contribution in [3.63, 3.8) is 0 Å². The molecule has 0 radical (unpaired) electrons. The Balaban J connectivity index is 1.98. The van der Waals surface area contributed by atoms with E-state index in [9.17, 15) is 14.4 Å². The van der Waals surface area contributed by atoms with Crippen LogP contribution in [0.1, 0.15) is 45.9 Å². The van der Waals surface area contributed by atoms with Crippen molar-refractivity contribution in [3.8, 4) is 6.07 Å². The van der Waals surface area contributed by atoms with E-state index >= 15 is 0 Å². The van der Waals surface area contributed by atoms with Crippen molar-refractivity contribution in [1.29, 1.82) is 5.26 Å². The van der Waals surface area contributed by atoms with Gasteiger partial charge in [-0.15, -0.1) is 0 Å². The van der Waals surface area contributed by atoms with Crippen LogP contribution in [0.4, 0.5) is 10.1 Å². The molecule has 1 aliphatic rings. The minimum Gasteiger partial charge on any atom is -0.398 e. The summed E-state index contributed by atoms with van der Waals surface area (Å²) in [6.45, 7) is 0. The number of hydrogen-bond acceptors (Lipinski definition) is 4. The smallest absolute Gasteiger partial charge is 0.198 e. The van der Waals surface area contributed by atoms with Gasteiger partial charge in [-0.2, -0.15) is 10.4 Å². The van der Waals surface area contributed by atoms with E-state index in [1.54, 1.807) is 10.7 Å². The van der Waals surface area contributed by atoms with Gasteiger partial charge in [0.25, 0.3) is 0 Å². The van der Waals surface area contributed by atoms with Crippen LogP contribution in [0, 0.1) is 17.1 Å². The molecule has 0 saturated heterocycles. The van der Waals surface area contributed by atoms with Crippen molar-refractivity contribution in [2.24, 2.45) is 7.05 Å². The molecule has 4 rings (SSSR count). The van der Waals surface area contributed by atoms with Crippen LogP contribution in [0.15, 0.2) is 24.3 Å². The summed E-state index contributed by atoms with van der Waals surface area (Å²) in [5.74, 6) is -0.788. The lowest BCUT2D eigenvalue weighted by Gasteiger charge is -2.10. The average Bonchev–Trinajstić information content (AvgIpc) is 3.38. The lowest BCUT2D eigenvalue weighted by Crippen LogP contribution is -2.10. The van der Waals surface area contributed by atoms with Gasteiger partial charge in [-0.05, 0) is 37.1 Å². The first kappa shape index (κ1) is 16.6. The van der Waals surface area contributed by atoms with Gasteiger partial charge in [0.1, 0.15) is 17.4 Å². The number of hydrogen-bond donors (Lipinski definition) is 1. The number of nitrogens with zero attached hydrogens (tertiary/aromatic N) is 3. The maximum Gasteiger partial charge on any atom is 0.198 e. The molecular formula is C19H14ClFN4O. The van der Waals surface area contributed by atoms with Gasteiger partial charge < -0.3 is 5.73 Å². The Kier molecular flexibility index (Phi) is 3.70. The first-order valence-electron chi connectivity index (χ1n) is 8.11. The van der Waals surface area contributed by atoms with Crippen LogP contribution in [0.3, 0.4) is 0 Å². The molecule has 1 aromatic heterocycles. The number of benzene rings is 2. The molecule has 1 fully saturated rings. The van der Waals surface area contributed by atoms with E-state index in [1.807, 2.05) is 7.05 Å². The standard InChI is InChI=1S/C19H14ClFN4O/c1-25-18(9-2-3-9)12-7-15(23)16(13(8-22)17(12)24-25)19(26)11-6-10(21)4-5-14(11)20/h4-7,9H,2-3,23H2,1H3. The second kappa shape index (κ2) is 5.82. The zero-order chi connectivity index (χ0) is 18.6. The number of nitrogen functional groups attached to an aromatic ring is 1. The summed E-state index contributed by atoms with van der Waals surface area (Å²) >= 11 is 6.06. The van der Waals surface area contributed by atoms with E-state index in [0.29, 0.717) is 11.4 Å². The van der Waals surface area contributed by atoms with Crippen molar-refractivity contribution in [1.82, 2.24) is 9.78 Å². The molecule has 0 spiro atoms. The summed E-state index contributed by atoms with van der Waals surface area (Å²) in [4.78, 5) is 13.0. The largest absolute Gasteiger partial charge is 0.398 e. The third-order valence-corrected chi connectivity index (χ3v) is 5.01. The summed E-state index contributed by atoms with van der Waals surface area (Å²) in [6, 6.07) is 7.24. The Hall–Kier alpha value is -2.91. The summed E-state index contributed by atoms with van der Waals surface area (Å²) in [5, 5.41) is 15.0. The summed E-state index contributed by atoms with van der Waals surface area (Å²) in [5.41, 5.74) is 7.82. The SMILES string of the molecule is Cn1nc2c(C#N)c(C(=O)c3cc(F)ccc3Cl)c(N)cc2c1C1CC1. The first-order chi connectivity index (χ1) is 12.4. The zero-order valence-electron chi connectivity index (χ0n) is 13.9. The van der Waals surface area contributed by atoms with Crippen LogP contribution in [0.25, 0.3) is 10.9 Å². The summed E-state index contributed by atoms with van der Waals surface area (Å²) < 4.78 is 15.3. The molecule has 1 aliphatic carbocycles. The Morgan fingerprint density at radius 1 is 1.42 bits per heavy atom. The van der Waals surface area contributed by atoms with Crippen LogP contribution >= 0.6 is 11.6 Å². The van der Waals surface area contributed by atoms with Crippen molar-refractivity contribution in [3.05, 3.63) is 57.5 Å². The highest BCUT2D eigenvalue weighted by molar-refractivity contribution is 6.35. The number of aryl methyl sites for hydroxylation is 1. The molecule has 7 heteroatoms. The van der Waals surface area contributed by atoms with Crippen LogP contribution in [0.2, 0.25) is 5.02 Å². The Labute approximate surface area is 153 Å². The topological polar surface area (TPSA) is 84.7 Å². The Morgan fingerprint density at radius 3 is 2.81 bits per heavy atom. The fourth-order valence-electron chi connectivity index (χ4n) is 3.37. The average molecular weight is 369 g/mol. The fourth-order valence-corrected chi connectivity index (χ4v) is 3.57. The number of carbonyl (C=O) groups is 1. The van der Waals surface area contributed by atoms with Crippen LogP contribution in [0.5, 0.6) is 0 Å². The quantitative estimate of drug-likeness (QED) is 0.560. The van der Waals surface area contributed by atoms with Gasteiger partial charge >= 0.3 is 0 Å². The second-order valence-electron chi connectivity index (χ2n) is 6.46. The Morgan fingerprint density at radius 2 is 2.15 bits per heavy atom. The second-order valence-corrected chi connectivity index (χ2v) is 6.87. The molecule has 130 valence electrons. The van der Waals surface area contributed by atoms with E-state index in [4.69, 9.17) is 17.3 Å². The number of anilines is 1. The normalized spacial score (nSPS) is 13.8. The van der Waals surface area contributed by atoms with Crippen molar-refractivity contribution < 1.29 is 9.18 Å². The molecular weight excluding hydrogens is 355 g/mol. The molecule has 1 saturated carbocycles. The first-order valence-corrected chi connectivity index (χ1v) is 8.49. The van der Waals surface area contributed by atoms with Crippen molar-refractivity contribution >= 4 is 34.0 Å². The van der Waals surface area contributed by atoms with Crippen molar-refractivity contribution in [2.75, 3.05) is 5.73 Å². The van der Waals surface area contributed by atoms with Crippen LogP contribution < -0.4 is 5.73 Å². The van der Waals surface area contributed by atoms with E-state index in [1.165, 1.54) is 6.07 Å². The summed E-state index contributed by atoms with van der Waals surface area (Å²) in [7, 11) is 1.82. The number of nitrogens with two attached hydrogens (primary N) is 1. The molecule has 26 heavy (non-hydrogen) atoms. The van der Waals surface area contributed by atoms with E-state index < -0.39 is 11.6 Å². The monoisotopic (exact) mass is 368 g/mol. The number of carbonyl (C=O) groups excluding carboxylic acids is 1. The molecule has 0 aliphatic heterocycles. The van der Waals surface area contributed by atoms with Crippen molar-refractivity contribution in [2.45, 2.75) is 18.8 Å². The third kappa shape index (κ3) is 2.44. The van der Waals surface area contributed by atoms with Gasteiger partial charge in [0.05, 0.1) is 16.1 Å². The number of aromatic nitrogens is 2. The fraction of sp³-hybridized carbons (Fsp3) is 0.211. The molecule has 0 unspecified atom stereocenters. The van der Waals surface area contributed by atoms with Crippen LogP contribution in [-0.4, -0.2) is 15.6 Å². The molecule has 1 heterocycles. The molecule has 3 aromatic rings. The maximum absolute atomic E-state index is 13.6. The molecule has 0 amide bonds. The highest BCUT2D eigenvalue weighted by atomic mass is 35.5. The maximum atomic E-state index is 13.6. The number of nitriles is 1. The van der Waals surface area contributed by atoms with Gasteiger partial charge in [0.15, 0.2) is 5.78 Å². The lowest BCUT2D eigenvalue weighted by atomic mass is 9.94. The Bertz CT molecular complexity index is 1120. The minimum atomic E-state index is -0.593. The predicted octanol–water partition coefficient (Wildman–Crippen LogP) is 3.93. The molecule has 0 atom stereocenters. The van der Waals surface area contributed by atoms with Gasteiger partial charge in [0.2, 0.25) is 0 Å². The number of rotatable bonds is 3. The predicted molar refractivity (Wildman–Crippen MR) is 96.7 cm³/mol. The van der Waals surface area contributed by atoms with E-state index in [0.717, 1.165) is 36.1 Å². The van der Waals surface area contributed by atoms with Gasteiger partial charge in [-0.3, -0.25) is 9.48 Å². The number of halogens is 2. The summed E-state index contributed by atoms with van der Waals surface area (Å²) in [6.07, 6.45) is 2.13. The minimum absolute atomic E-state index is 0.00736. The third-order valence-electron chi connectivity index (χ3n) is 4.68. The lowest BCUT2D eigenvalue weighted by molar-refractivity contribution is 0.103. The zero-order valence-corrected chi connectivity index (χ0v) is 14.6. The van der Waals surface area contributed by atoms with E-state index in [-0.39, 0.29) is 27.4 Å². The van der Waals surface area contributed by atoms with Gasteiger partial charge in [-0.1, -0.05) is 11.6 Å². The van der Waals surface area contributed by atoms with Crippen LogP contribution in [-0.2, 0) is 7.05 Å². The highest BCUT2D eigenvalue weighted by Crippen LogP contribution is 2.44. The molecule has 2 aromatic carbocycles. The van der Waals surface area contributed by atoms with Gasteiger partial charge in [0, 0.05) is 35.3 Å². The van der Waals surface area contributed by atoms with E-state index in [2.05, 4.69) is 11.2 Å². The van der Waals surface area contributed by atoms with Gasteiger partial charge in [-0.25, -0.2) is 4.39 Å². The number of fused-ring (bicyclic) bond motifs is 1. The molecule has 0 bridgehead atoms. The highest BCUT2D eigenvalue weighted by Gasteiger charge is 2.32.